The van der Waals surface area contributed by atoms with Gasteiger partial charge in [-0.25, -0.2) is 0 Å². The van der Waals surface area contributed by atoms with E-state index in [4.69, 9.17) is 4.74 Å². The van der Waals surface area contributed by atoms with Crippen LogP contribution in [0.4, 0.5) is 0 Å². The van der Waals surface area contributed by atoms with Crippen LogP contribution in [0.2, 0.25) is 0 Å². The number of aryl methyl sites for hydroxylation is 1. The highest BCUT2D eigenvalue weighted by molar-refractivity contribution is 8.13. The summed E-state index contributed by atoms with van der Waals surface area (Å²) in [6, 6.07) is 17.2. The van der Waals surface area contributed by atoms with Gasteiger partial charge in [0.15, 0.2) is 5.12 Å². The Hall–Kier alpha value is -2.00. The maximum atomic E-state index is 10.9. The Bertz CT molecular complexity index is 777. The zero-order valence-corrected chi connectivity index (χ0v) is 16.9. The second-order valence-electron chi connectivity index (χ2n) is 7.00. The standard InChI is InChI=1S/C24H28O2S/c1-19(25)27-17-6-2-5-16-26-24-14-12-21(13-15-24)23-11-7-10-20-8-3-4-9-22(20)18-23/h3-4,8-9,12-15,18H,2,5-7,10-11,16-17H2,1H3. The van der Waals surface area contributed by atoms with Gasteiger partial charge < -0.3 is 4.74 Å². The lowest BCUT2D eigenvalue weighted by Gasteiger charge is -2.09. The average Bonchev–Trinajstić information content (AvgIpc) is 2.90. The molecule has 1 aliphatic rings. The van der Waals surface area contributed by atoms with Crippen molar-refractivity contribution >= 4 is 28.5 Å². The highest BCUT2D eigenvalue weighted by Gasteiger charge is 2.10. The Morgan fingerprint density at radius 1 is 1.00 bits per heavy atom. The molecule has 3 rings (SSSR count). The summed E-state index contributed by atoms with van der Waals surface area (Å²) in [6.45, 7) is 2.36. The van der Waals surface area contributed by atoms with E-state index in [1.807, 2.05) is 0 Å². The number of allylic oxidation sites excluding steroid dienone is 1. The second kappa shape index (κ2) is 10.4. The summed E-state index contributed by atoms with van der Waals surface area (Å²) in [4.78, 5) is 10.9. The minimum atomic E-state index is 0.207. The van der Waals surface area contributed by atoms with E-state index in [0.717, 1.165) is 50.2 Å². The van der Waals surface area contributed by atoms with E-state index >= 15 is 0 Å². The minimum Gasteiger partial charge on any atom is -0.494 e. The van der Waals surface area contributed by atoms with Crippen LogP contribution < -0.4 is 4.74 Å². The van der Waals surface area contributed by atoms with Gasteiger partial charge in [-0.3, -0.25) is 4.79 Å². The molecule has 0 unspecified atom stereocenters. The number of carbonyl (C=O) groups is 1. The molecule has 0 saturated carbocycles. The van der Waals surface area contributed by atoms with Crippen LogP contribution in [0.5, 0.6) is 5.75 Å². The normalized spacial score (nSPS) is 13.4. The molecular formula is C24H28O2S. The predicted octanol–water partition coefficient (Wildman–Crippen LogP) is 6.39. The molecule has 0 aliphatic heterocycles. The zero-order valence-electron chi connectivity index (χ0n) is 16.1. The molecule has 0 amide bonds. The third-order valence-electron chi connectivity index (χ3n) is 4.86. The number of thioether (sulfide) groups is 1. The summed E-state index contributed by atoms with van der Waals surface area (Å²) in [6.07, 6.45) is 9.02. The fourth-order valence-corrected chi connectivity index (χ4v) is 4.05. The Morgan fingerprint density at radius 2 is 1.81 bits per heavy atom. The maximum absolute atomic E-state index is 10.9. The lowest BCUT2D eigenvalue weighted by atomic mass is 10.0. The molecule has 0 radical (unpaired) electrons. The van der Waals surface area contributed by atoms with Crippen LogP contribution in [0, 0.1) is 0 Å². The van der Waals surface area contributed by atoms with Crippen LogP contribution in [0.1, 0.15) is 55.7 Å². The molecule has 1 aliphatic carbocycles. The molecular weight excluding hydrogens is 352 g/mol. The van der Waals surface area contributed by atoms with E-state index in [0.29, 0.717) is 0 Å². The van der Waals surface area contributed by atoms with Crippen LogP contribution in [0.25, 0.3) is 11.6 Å². The van der Waals surface area contributed by atoms with E-state index in [1.165, 1.54) is 40.4 Å². The van der Waals surface area contributed by atoms with Crippen molar-refractivity contribution in [1.82, 2.24) is 0 Å². The predicted molar refractivity (Wildman–Crippen MR) is 116 cm³/mol. The number of fused-ring (bicyclic) bond motifs is 1. The van der Waals surface area contributed by atoms with E-state index in [9.17, 15) is 4.79 Å². The highest BCUT2D eigenvalue weighted by Crippen LogP contribution is 2.30. The van der Waals surface area contributed by atoms with Crippen LogP contribution in [-0.2, 0) is 11.2 Å². The van der Waals surface area contributed by atoms with Gasteiger partial charge in [-0.05, 0) is 72.9 Å². The van der Waals surface area contributed by atoms with Gasteiger partial charge in [-0.15, -0.1) is 0 Å². The fraction of sp³-hybridized carbons (Fsp3) is 0.375. The third kappa shape index (κ3) is 6.28. The topological polar surface area (TPSA) is 26.3 Å². The summed E-state index contributed by atoms with van der Waals surface area (Å²) < 4.78 is 5.86. The van der Waals surface area contributed by atoms with Crippen molar-refractivity contribution in [1.29, 1.82) is 0 Å². The number of benzene rings is 2. The van der Waals surface area contributed by atoms with Crippen molar-refractivity contribution in [3.63, 3.8) is 0 Å². The maximum Gasteiger partial charge on any atom is 0.185 e. The van der Waals surface area contributed by atoms with Crippen LogP contribution in [0.3, 0.4) is 0 Å². The monoisotopic (exact) mass is 380 g/mol. The van der Waals surface area contributed by atoms with E-state index < -0.39 is 0 Å². The van der Waals surface area contributed by atoms with Crippen molar-refractivity contribution in [3.05, 3.63) is 65.2 Å². The van der Waals surface area contributed by atoms with Gasteiger partial charge in [-0.1, -0.05) is 54.2 Å². The van der Waals surface area contributed by atoms with Crippen molar-refractivity contribution in [2.45, 2.75) is 45.4 Å². The van der Waals surface area contributed by atoms with Gasteiger partial charge in [0.2, 0.25) is 0 Å². The van der Waals surface area contributed by atoms with E-state index in [2.05, 4.69) is 54.6 Å². The smallest absolute Gasteiger partial charge is 0.185 e. The van der Waals surface area contributed by atoms with Crippen molar-refractivity contribution < 1.29 is 9.53 Å². The van der Waals surface area contributed by atoms with Gasteiger partial charge in [0.25, 0.3) is 0 Å². The molecule has 0 saturated heterocycles. The fourth-order valence-electron chi connectivity index (χ4n) is 3.41. The number of hydrogen-bond donors (Lipinski definition) is 0. The molecule has 0 fully saturated rings. The molecule has 0 aromatic heterocycles. The summed E-state index contributed by atoms with van der Waals surface area (Å²) in [5, 5.41) is 0.207. The third-order valence-corrected chi connectivity index (χ3v) is 5.76. The number of carbonyl (C=O) groups excluding carboxylic acids is 1. The Labute approximate surface area is 167 Å². The molecule has 2 nitrogen and oxygen atoms in total. The molecule has 0 heterocycles. The lowest BCUT2D eigenvalue weighted by molar-refractivity contribution is -0.109. The lowest BCUT2D eigenvalue weighted by Crippen LogP contribution is -1.98. The Morgan fingerprint density at radius 3 is 2.63 bits per heavy atom. The number of ether oxygens (including phenoxy) is 1. The SMILES string of the molecule is CC(=O)SCCCCCOc1ccc(C2=Cc3ccccc3CCC2)cc1. The number of unbranched alkanes of at least 4 members (excludes halogenated alkanes) is 2. The largest absolute Gasteiger partial charge is 0.494 e. The molecule has 0 atom stereocenters. The first-order valence-electron chi connectivity index (χ1n) is 9.87. The molecule has 142 valence electrons. The van der Waals surface area contributed by atoms with Crippen molar-refractivity contribution in [2.75, 3.05) is 12.4 Å². The second-order valence-corrected chi connectivity index (χ2v) is 8.27. The van der Waals surface area contributed by atoms with Crippen LogP contribution in [-0.4, -0.2) is 17.5 Å². The Balaban J connectivity index is 1.49. The Kier molecular flexibility index (Phi) is 7.58. The first-order chi connectivity index (χ1) is 13.2. The highest BCUT2D eigenvalue weighted by atomic mass is 32.2. The molecule has 27 heavy (non-hydrogen) atoms. The molecule has 2 aromatic carbocycles. The van der Waals surface area contributed by atoms with Gasteiger partial charge in [0.05, 0.1) is 6.61 Å². The van der Waals surface area contributed by atoms with Crippen molar-refractivity contribution in [3.8, 4) is 5.75 Å². The van der Waals surface area contributed by atoms with Gasteiger partial charge in [-0.2, -0.15) is 0 Å². The first kappa shape index (κ1) is 19.8. The van der Waals surface area contributed by atoms with E-state index in [-0.39, 0.29) is 5.12 Å². The minimum absolute atomic E-state index is 0.207. The molecule has 3 heteroatoms. The number of rotatable bonds is 8. The van der Waals surface area contributed by atoms with Crippen molar-refractivity contribution in [2.24, 2.45) is 0 Å². The molecule has 0 spiro atoms. The summed E-state index contributed by atoms with van der Waals surface area (Å²) in [5.41, 5.74) is 5.51. The summed E-state index contributed by atoms with van der Waals surface area (Å²) in [5.74, 6) is 1.86. The van der Waals surface area contributed by atoms with E-state index in [1.54, 1.807) is 6.92 Å². The average molecular weight is 381 g/mol. The molecule has 0 bridgehead atoms. The van der Waals surface area contributed by atoms with Gasteiger partial charge in [0.1, 0.15) is 5.75 Å². The molecule has 0 N–H and O–H groups in total. The first-order valence-corrected chi connectivity index (χ1v) is 10.9. The number of hydrogen-bond acceptors (Lipinski definition) is 3. The van der Waals surface area contributed by atoms with Gasteiger partial charge >= 0.3 is 0 Å². The van der Waals surface area contributed by atoms with Gasteiger partial charge in [0, 0.05) is 12.7 Å². The molecule has 2 aromatic rings. The summed E-state index contributed by atoms with van der Waals surface area (Å²) >= 11 is 1.41. The summed E-state index contributed by atoms with van der Waals surface area (Å²) in [7, 11) is 0. The van der Waals surface area contributed by atoms with Crippen LogP contribution >= 0.6 is 11.8 Å². The quantitative estimate of drug-likeness (QED) is 0.496. The van der Waals surface area contributed by atoms with Crippen LogP contribution in [0.15, 0.2) is 48.5 Å². The zero-order chi connectivity index (χ0) is 18.9.